The third kappa shape index (κ3) is 4.41. The quantitative estimate of drug-likeness (QED) is 0.365. The van der Waals surface area contributed by atoms with Crippen molar-refractivity contribution in [3.05, 3.63) is 56.2 Å². The van der Waals surface area contributed by atoms with Gasteiger partial charge in [0.1, 0.15) is 18.1 Å². The van der Waals surface area contributed by atoms with Crippen LogP contribution < -0.4 is 9.47 Å². The van der Waals surface area contributed by atoms with E-state index >= 15 is 0 Å². The van der Waals surface area contributed by atoms with Gasteiger partial charge in [-0.3, -0.25) is 0 Å². The molecule has 0 saturated carbocycles. The first-order chi connectivity index (χ1) is 11.5. The van der Waals surface area contributed by atoms with Gasteiger partial charge in [-0.25, -0.2) is 4.79 Å². The molecule has 5 heteroatoms. The van der Waals surface area contributed by atoms with E-state index in [1.165, 1.54) is 18.2 Å². The van der Waals surface area contributed by atoms with Crippen molar-refractivity contribution in [1.82, 2.24) is 0 Å². The molecule has 0 bridgehead atoms. The Labute approximate surface area is 156 Å². The second kappa shape index (κ2) is 8.37. The average molecular weight is 440 g/mol. The summed E-state index contributed by atoms with van der Waals surface area (Å²) in [6.07, 6.45) is 0.262. The number of ether oxygens (including phenoxy) is 3. The van der Waals surface area contributed by atoms with Gasteiger partial charge >= 0.3 is 6.16 Å². The Kier molecular flexibility index (Phi) is 6.48. The van der Waals surface area contributed by atoms with Crippen molar-refractivity contribution in [3.8, 4) is 11.5 Å². The van der Waals surface area contributed by atoms with E-state index in [0.717, 1.165) is 26.9 Å². The summed E-state index contributed by atoms with van der Waals surface area (Å²) in [4.78, 5) is 11.4. The number of methoxy groups -OCH3 is 1. The molecule has 0 heterocycles. The minimum absolute atomic E-state index is 0.317. The molecule has 128 valence electrons. The van der Waals surface area contributed by atoms with Crippen molar-refractivity contribution in [2.24, 2.45) is 0 Å². The molecule has 0 fully saturated rings. The van der Waals surface area contributed by atoms with E-state index in [1.807, 2.05) is 19.1 Å². The van der Waals surface area contributed by atoms with Crippen molar-refractivity contribution in [3.63, 3.8) is 0 Å². The molecule has 4 nitrogen and oxygen atoms in total. The van der Waals surface area contributed by atoms with Gasteiger partial charge in [0, 0.05) is 9.13 Å². The van der Waals surface area contributed by atoms with Crippen LogP contribution in [0, 0.1) is 17.4 Å². The van der Waals surface area contributed by atoms with E-state index in [9.17, 15) is 4.79 Å². The lowest BCUT2D eigenvalue weighted by Crippen LogP contribution is -2.11. The Morgan fingerprint density at radius 1 is 1.12 bits per heavy atom. The van der Waals surface area contributed by atoms with Gasteiger partial charge in [0.05, 0.1) is 7.11 Å². The first kappa shape index (κ1) is 18.6. The standard InChI is InChI=1S/C19H21IO4/c1-5-14-9-13(3)18(10-12(14)2)23-11-15-16(20)7-6-8-17(15)24-19(21)22-4/h6-10H,5,11H2,1-4H3. The van der Waals surface area contributed by atoms with Crippen molar-refractivity contribution in [2.75, 3.05) is 7.11 Å². The highest BCUT2D eigenvalue weighted by molar-refractivity contribution is 14.1. The predicted octanol–water partition coefficient (Wildman–Crippen LogP) is 5.19. The molecule has 0 aliphatic carbocycles. The van der Waals surface area contributed by atoms with Gasteiger partial charge in [-0.05, 0) is 77.7 Å². The van der Waals surface area contributed by atoms with E-state index in [0.29, 0.717) is 12.4 Å². The molecule has 2 aromatic rings. The summed E-state index contributed by atoms with van der Waals surface area (Å²) in [5.74, 6) is 1.29. The Morgan fingerprint density at radius 2 is 1.88 bits per heavy atom. The van der Waals surface area contributed by atoms with Crippen LogP contribution in [-0.2, 0) is 17.8 Å². The third-order valence-electron chi connectivity index (χ3n) is 3.82. The van der Waals surface area contributed by atoms with Crippen molar-refractivity contribution in [1.29, 1.82) is 0 Å². The van der Waals surface area contributed by atoms with Crippen LogP contribution >= 0.6 is 22.6 Å². The number of hydrogen-bond donors (Lipinski definition) is 0. The lowest BCUT2D eigenvalue weighted by atomic mass is 10.0. The SMILES string of the molecule is CCc1cc(C)c(OCc2c(I)cccc2OC(=O)OC)cc1C. The van der Waals surface area contributed by atoms with Crippen molar-refractivity contribution < 1.29 is 19.0 Å². The molecule has 0 unspecified atom stereocenters. The molecular weight excluding hydrogens is 419 g/mol. The van der Waals surface area contributed by atoms with Crippen LogP contribution in [0.15, 0.2) is 30.3 Å². The Morgan fingerprint density at radius 3 is 2.54 bits per heavy atom. The van der Waals surface area contributed by atoms with Crippen LogP contribution in [0.2, 0.25) is 0 Å². The molecule has 0 amide bonds. The maximum Gasteiger partial charge on any atom is 0.513 e. The number of carbonyl (C=O) groups is 1. The molecule has 0 radical (unpaired) electrons. The minimum Gasteiger partial charge on any atom is -0.488 e. The number of benzene rings is 2. The van der Waals surface area contributed by atoms with Gasteiger partial charge in [-0.1, -0.05) is 19.1 Å². The van der Waals surface area contributed by atoms with Gasteiger partial charge in [-0.2, -0.15) is 0 Å². The molecule has 0 atom stereocenters. The normalized spacial score (nSPS) is 10.4. The largest absolute Gasteiger partial charge is 0.513 e. The monoisotopic (exact) mass is 440 g/mol. The maximum absolute atomic E-state index is 11.4. The summed E-state index contributed by atoms with van der Waals surface area (Å²) in [6.45, 7) is 6.58. The van der Waals surface area contributed by atoms with E-state index in [4.69, 9.17) is 9.47 Å². The molecule has 0 aliphatic heterocycles. The second-order valence-corrected chi connectivity index (χ2v) is 6.62. The fourth-order valence-corrected chi connectivity index (χ4v) is 3.07. The summed E-state index contributed by atoms with van der Waals surface area (Å²) in [6, 6.07) is 9.73. The van der Waals surface area contributed by atoms with Crippen molar-refractivity contribution >= 4 is 28.7 Å². The highest BCUT2D eigenvalue weighted by Gasteiger charge is 2.14. The Hall–Kier alpha value is -1.76. The zero-order chi connectivity index (χ0) is 17.7. The fourth-order valence-electron chi connectivity index (χ4n) is 2.44. The molecule has 0 saturated heterocycles. The Balaban J connectivity index is 2.23. The van der Waals surface area contributed by atoms with Crippen LogP contribution in [0.5, 0.6) is 11.5 Å². The Bertz CT molecular complexity index is 740. The van der Waals surface area contributed by atoms with Crippen LogP contribution in [-0.4, -0.2) is 13.3 Å². The molecule has 24 heavy (non-hydrogen) atoms. The highest BCUT2D eigenvalue weighted by Crippen LogP contribution is 2.28. The van der Waals surface area contributed by atoms with Crippen LogP contribution in [0.1, 0.15) is 29.2 Å². The maximum atomic E-state index is 11.4. The van der Waals surface area contributed by atoms with Crippen molar-refractivity contribution in [2.45, 2.75) is 33.8 Å². The lowest BCUT2D eigenvalue weighted by Gasteiger charge is -2.15. The van der Waals surface area contributed by atoms with Gasteiger partial charge < -0.3 is 14.2 Å². The van der Waals surface area contributed by atoms with E-state index in [1.54, 1.807) is 6.07 Å². The first-order valence-electron chi connectivity index (χ1n) is 7.72. The molecule has 0 N–H and O–H groups in total. The second-order valence-electron chi connectivity index (χ2n) is 5.46. The van der Waals surface area contributed by atoms with Gasteiger partial charge in [0.2, 0.25) is 0 Å². The molecular formula is C19H21IO4. The van der Waals surface area contributed by atoms with Crippen LogP contribution in [0.25, 0.3) is 0 Å². The van der Waals surface area contributed by atoms with Crippen LogP contribution in [0.3, 0.4) is 0 Å². The number of rotatable bonds is 5. The van der Waals surface area contributed by atoms with Gasteiger partial charge in [0.25, 0.3) is 0 Å². The lowest BCUT2D eigenvalue weighted by molar-refractivity contribution is 0.120. The van der Waals surface area contributed by atoms with E-state index in [-0.39, 0.29) is 0 Å². The third-order valence-corrected chi connectivity index (χ3v) is 4.83. The predicted molar refractivity (Wildman–Crippen MR) is 102 cm³/mol. The summed E-state index contributed by atoms with van der Waals surface area (Å²) < 4.78 is 16.7. The first-order valence-corrected chi connectivity index (χ1v) is 8.80. The number of carbonyl (C=O) groups excluding carboxylic acids is 1. The zero-order valence-electron chi connectivity index (χ0n) is 14.3. The molecule has 0 aromatic heterocycles. The van der Waals surface area contributed by atoms with Crippen LogP contribution in [0.4, 0.5) is 4.79 Å². The molecule has 2 rings (SSSR count). The molecule has 2 aromatic carbocycles. The molecule has 0 aliphatic rings. The number of hydrogen-bond acceptors (Lipinski definition) is 4. The highest BCUT2D eigenvalue weighted by atomic mass is 127. The van der Waals surface area contributed by atoms with E-state index < -0.39 is 6.16 Å². The van der Waals surface area contributed by atoms with E-state index in [2.05, 4.69) is 53.3 Å². The summed E-state index contributed by atoms with van der Waals surface area (Å²) in [5.41, 5.74) is 4.45. The smallest absolute Gasteiger partial charge is 0.488 e. The topological polar surface area (TPSA) is 44.8 Å². The summed E-state index contributed by atoms with van der Waals surface area (Å²) in [7, 11) is 1.29. The summed E-state index contributed by atoms with van der Waals surface area (Å²) in [5, 5.41) is 0. The fraction of sp³-hybridized carbons (Fsp3) is 0.316. The minimum atomic E-state index is -0.738. The van der Waals surface area contributed by atoms with Gasteiger partial charge in [0.15, 0.2) is 0 Å². The number of aryl methyl sites for hydroxylation is 3. The molecule has 0 spiro atoms. The summed E-state index contributed by atoms with van der Waals surface area (Å²) >= 11 is 2.20. The van der Waals surface area contributed by atoms with Gasteiger partial charge in [-0.15, -0.1) is 0 Å². The zero-order valence-corrected chi connectivity index (χ0v) is 16.5. The number of halogens is 1. The average Bonchev–Trinajstić information content (AvgIpc) is 2.56.